The first-order valence-corrected chi connectivity index (χ1v) is 13.1. The van der Waals surface area contributed by atoms with Crippen LogP contribution in [-0.4, -0.2) is 36.7 Å². The van der Waals surface area contributed by atoms with E-state index in [-0.39, 0.29) is 10.8 Å². The maximum absolute atomic E-state index is 13.1. The molecule has 3 aromatic carbocycles. The lowest BCUT2D eigenvalue weighted by molar-refractivity contribution is 0.102. The predicted molar refractivity (Wildman–Crippen MR) is 132 cm³/mol. The van der Waals surface area contributed by atoms with Crippen molar-refractivity contribution in [3.63, 3.8) is 0 Å². The van der Waals surface area contributed by atoms with Gasteiger partial charge in [0.25, 0.3) is 5.91 Å². The van der Waals surface area contributed by atoms with Crippen LogP contribution in [0.2, 0.25) is 0 Å². The molecular weight excluding hydrogens is 454 g/mol. The smallest absolute Gasteiger partial charge is 0.255 e. The molecule has 1 amide bonds. The average molecular weight is 478 g/mol. The standard InChI is InChI=1S/C25H23N3O3S2/c29-24(18-9-8-10-19(17-18)33(30,31)28-15-6-1-7-16-28)26-21-12-3-2-11-20(21)25-27-22-13-4-5-14-23(22)32-25/h2-5,8-14,17H,1,6-7,15-16H2,(H,26,29). The molecule has 1 saturated heterocycles. The van der Waals surface area contributed by atoms with Crippen LogP contribution in [0.3, 0.4) is 0 Å². The molecule has 0 spiro atoms. The fraction of sp³-hybridized carbons (Fsp3) is 0.200. The molecule has 1 aliphatic heterocycles. The monoisotopic (exact) mass is 477 g/mol. The molecule has 0 saturated carbocycles. The lowest BCUT2D eigenvalue weighted by atomic mass is 10.1. The molecule has 0 radical (unpaired) electrons. The van der Waals surface area contributed by atoms with Crippen LogP contribution in [0, 0.1) is 0 Å². The lowest BCUT2D eigenvalue weighted by Crippen LogP contribution is -2.35. The van der Waals surface area contributed by atoms with Crippen LogP contribution >= 0.6 is 11.3 Å². The van der Waals surface area contributed by atoms with E-state index in [0.717, 1.165) is 40.1 Å². The molecule has 33 heavy (non-hydrogen) atoms. The fourth-order valence-corrected chi connectivity index (χ4v) is 6.58. The zero-order valence-corrected chi connectivity index (χ0v) is 19.5. The Bertz CT molecular complexity index is 1390. The van der Waals surface area contributed by atoms with Gasteiger partial charge in [-0.3, -0.25) is 4.79 Å². The van der Waals surface area contributed by atoms with Gasteiger partial charge in [-0.05, 0) is 55.3 Å². The number of aromatic nitrogens is 1. The van der Waals surface area contributed by atoms with Gasteiger partial charge in [-0.2, -0.15) is 4.31 Å². The third kappa shape index (κ3) is 4.42. The Kier molecular flexibility index (Phi) is 5.97. The molecule has 6 nitrogen and oxygen atoms in total. The van der Waals surface area contributed by atoms with Crippen LogP contribution < -0.4 is 5.32 Å². The summed E-state index contributed by atoms with van der Waals surface area (Å²) in [6.07, 6.45) is 2.77. The van der Waals surface area contributed by atoms with Crippen molar-refractivity contribution in [1.82, 2.24) is 9.29 Å². The molecule has 0 unspecified atom stereocenters. The molecule has 0 aliphatic carbocycles. The number of nitrogens with zero attached hydrogens (tertiary/aromatic N) is 2. The van der Waals surface area contributed by atoms with Crippen LogP contribution in [0.4, 0.5) is 5.69 Å². The van der Waals surface area contributed by atoms with E-state index in [1.807, 2.05) is 48.5 Å². The highest BCUT2D eigenvalue weighted by molar-refractivity contribution is 7.89. The minimum absolute atomic E-state index is 0.150. The molecule has 168 valence electrons. The summed E-state index contributed by atoms with van der Waals surface area (Å²) >= 11 is 1.56. The molecular formula is C25H23N3O3S2. The van der Waals surface area contributed by atoms with E-state index in [1.165, 1.54) is 10.4 Å². The summed E-state index contributed by atoms with van der Waals surface area (Å²) in [5.41, 5.74) is 2.66. The van der Waals surface area contributed by atoms with E-state index in [1.54, 1.807) is 29.5 Å². The number of benzene rings is 3. The van der Waals surface area contributed by atoms with E-state index in [0.29, 0.717) is 24.3 Å². The molecule has 1 fully saturated rings. The quantitative estimate of drug-likeness (QED) is 0.418. The van der Waals surface area contributed by atoms with Gasteiger partial charge in [-0.15, -0.1) is 11.3 Å². The number of fused-ring (bicyclic) bond motifs is 1. The number of piperidine rings is 1. The van der Waals surface area contributed by atoms with Crippen molar-refractivity contribution in [3.05, 3.63) is 78.4 Å². The second-order valence-corrected chi connectivity index (χ2v) is 10.9. The Morgan fingerprint density at radius 3 is 2.48 bits per heavy atom. The van der Waals surface area contributed by atoms with Crippen molar-refractivity contribution in [2.24, 2.45) is 0 Å². The number of sulfonamides is 1. The van der Waals surface area contributed by atoms with Gasteiger partial charge in [0.15, 0.2) is 0 Å². The van der Waals surface area contributed by atoms with Crippen molar-refractivity contribution < 1.29 is 13.2 Å². The second-order valence-electron chi connectivity index (χ2n) is 7.98. The second kappa shape index (κ2) is 9.05. The summed E-state index contributed by atoms with van der Waals surface area (Å²) in [5, 5.41) is 3.76. The SMILES string of the molecule is O=C(Nc1ccccc1-c1nc2ccccc2s1)c1cccc(S(=O)(=O)N2CCCCC2)c1. The Balaban J connectivity index is 1.42. The topological polar surface area (TPSA) is 79.4 Å². The van der Waals surface area contributed by atoms with Crippen molar-refractivity contribution >= 4 is 43.2 Å². The molecule has 2 heterocycles. The molecule has 5 rings (SSSR count). The first-order valence-electron chi connectivity index (χ1n) is 10.9. The van der Waals surface area contributed by atoms with Gasteiger partial charge in [0, 0.05) is 24.2 Å². The molecule has 0 atom stereocenters. The minimum Gasteiger partial charge on any atom is -0.321 e. The van der Waals surface area contributed by atoms with Gasteiger partial charge in [0.2, 0.25) is 10.0 Å². The summed E-state index contributed by atoms with van der Waals surface area (Å²) in [7, 11) is -3.61. The number of carbonyl (C=O) groups excluding carboxylic acids is 1. The number of anilines is 1. The molecule has 0 bridgehead atoms. The van der Waals surface area contributed by atoms with Gasteiger partial charge >= 0.3 is 0 Å². The van der Waals surface area contributed by atoms with E-state index in [2.05, 4.69) is 5.32 Å². The fourth-order valence-electron chi connectivity index (χ4n) is 4.01. The zero-order chi connectivity index (χ0) is 22.8. The highest BCUT2D eigenvalue weighted by atomic mass is 32.2. The number of hydrogen-bond acceptors (Lipinski definition) is 5. The number of nitrogens with one attached hydrogen (secondary N) is 1. The number of amides is 1. The van der Waals surface area contributed by atoms with Crippen LogP contribution in [0.1, 0.15) is 29.6 Å². The van der Waals surface area contributed by atoms with Gasteiger partial charge in [0.05, 0.1) is 20.8 Å². The first-order chi connectivity index (χ1) is 16.0. The predicted octanol–water partition coefficient (Wildman–Crippen LogP) is 5.39. The molecule has 4 aromatic rings. The van der Waals surface area contributed by atoms with Gasteiger partial charge in [0.1, 0.15) is 5.01 Å². The average Bonchev–Trinajstić information content (AvgIpc) is 3.29. The van der Waals surface area contributed by atoms with E-state index >= 15 is 0 Å². The summed E-state index contributed by atoms with van der Waals surface area (Å²) < 4.78 is 28.6. The maximum Gasteiger partial charge on any atom is 0.255 e. The van der Waals surface area contributed by atoms with Crippen molar-refractivity contribution in [2.45, 2.75) is 24.2 Å². The zero-order valence-electron chi connectivity index (χ0n) is 17.9. The number of thiazole rings is 1. The largest absolute Gasteiger partial charge is 0.321 e. The van der Waals surface area contributed by atoms with Crippen LogP contribution in [0.5, 0.6) is 0 Å². The van der Waals surface area contributed by atoms with Crippen LogP contribution in [0.25, 0.3) is 20.8 Å². The summed E-state index contributed by atoms with van der Waals surface area (Å²) in [6.45, 7) is 1.04. The Morgan fingerprint density at radius 1 is 0.909 bits per heavy atom. The summed E-state index contributed by atoms with van der Waals surface area (Å²) in [4.78, 5) is 17.9. The number of para-hydroxylation sites is 2. The van der Waals surface area contributed by atoms with Gasteiger partial charge in [-0.25, -0.2) is 13.4 Å². The van der Waals surface area contributed by atoms with E-state index in [4.69, 9.17) is 4.98 Å². The normalized spacial score (nSPS) is 14.9. The highest BCUT2D eigenvalue weighted by Gasteiger charge is 2.26. The van der Waals surface area contributed by atoms with E-state index < -0.39 is 10.0 Å². The first kappa shape index (κ1) is 21.8. The van der Waals surface area contributed by atoms with Crippen LogP contribution in [-0.2, 0) is 10.0 Å². The van der Waals surface area contributed by atoms with Crippen molar-refractivity contribution in [3.8, 4) is 10.6 Å². The Labute approximate surface area is 197 Å². The molecule has 1 aliphatic rings. The number of hydrogen-bond donors (Lipinski definition) is 1. The molecule has 1 aromatic heterocycles. The van der Waals surface area contributed by atoms with E-state index in [9.17, 15) is 13.2 Å². The maximum atomic E-state index is 13.1. The number of carbonyl (C=O) groups is 1. The van der Waals surface area contributed by atoms with Crippen molar-refractivity contribution in [2.75, 3.05) is 18.4 Å². The van der Waals surface area contributed by atoms with Gasteiger partial charge in [-0.1, -0.05) is 36.8 Å². The Hall–Kier alpha value is -3.07. The summed E-state index contributed by atoms with van der Waals surface area (Å²) in [5.74, 6) is -0.362. The summed E-state index contributed by atoms with van der Waals surface area (Å²) in [6, 6.07) is 21.7. The Morgan fingerprint density at radius 2 is 1.67 bits per heavy atom. The van der Waals surface area contributed by atoms with Crippen molar-refractivity contribution in [1.29, 1.82) is 0 Å². The minimum atomic E-state index is -3.61. The molecule has 1 N–H and O–H groups in total. The third-order valence-electron chi connectivity index (χ3n) is 5.75. The highest BCUT2D eigenvalue weighted by Crippen LogP contribution is 2.34. The lowest BCUT2D eigenvalue weighted by Gasteiger charge is -2.26. The van der Waals surface area contributed by atoms with Gasteiger partial charge < -0.3 is 5.32 Å². The molecule has 8 heteroatoms. The third-order valence-corrected chi connectivity index (χ3v) is 8.71. The van der Waals surface area contributed by atoms with Crippen LogP contribution in [0.15, 0.2) is 77.7 Å². The number of rotatable bonds is 5.